The van der Waals surface area contributed by atoms with Gasteiger partial charge >= 0.3 is 6.03 Å². The van der Waals surface area contributed by atoms with Crippen LogP contribution in [0.3, 0.4) is 0 Å². The molecule has 0 saturated carbocycles. The standard InChI is InChI=1S/C19H19ClN4O5S/c1-12(25)23-30(28,29)17-8-4-14(5-9-17)21-19(27)22-15-10-18(26)24(11-15)16-6-2-13(20)3-7-16/h2-9,15H,10-11H2,1H3,(H,23,25)(H2,21,22,27)/t15-/m1/s1. The maximum absolute atomic E-state index is 12.3. The lowest BCUT2D eigenvalue weighted by Crippen LogP contribution is -2.39. The van der Waals surface area contributed by atoms with Gasteiger partial charge in [0.1, 0.15) is 0 Å². The molecule has 3 rings (SSSR count). The zero-order chi connectivity index (χ0) is 21.9. The SMILES string of the molecule is CC(=O)NS(=O)(=O)c1ccc(NC(=O)N[C@@H]2CC(=O)N(c3ccc(Cl)cc3)C2)cc1. The van der Waals surface area contributed by atoms with Gasteiger partial charge in [-0.15, -0.1) is 0 Å². The summed E-state index contributed by atoms with van der Waals surface area (Å²) in [6, 6.07) is 11.3. The number of hydrogen-bond donors (Lipinski definition) is 3. The van der Waals surface area contributed by atoms with E-state index in [9.17, 15) is 22.8 Å². The third-order valence-electron chi connectivity index (χ3n) is 4.30. The molecule has 4 amide bonds. The summed E-state index contributed by atoms with van der Waals surface area (Å²) in [4.78, 5) is 36.9. The van der Waals surface area contributed by atoms with E-state index in [1.807, 2.05) is 4.72 Å². The van der Waals surface area contributed by atoms with Gasteiger partial charge < -0.3 is 15.5 Å². The van der Waals surface area contributed by atoms with Crippen LogP contribution < -0.4 is 20.3 Å². The lowest BCUT2D eigenvalue weighted by molar-refractivity contribution is -0.118. The van der Waals surface area contributed by atoms with Crippen molar-refractivity contribution in [1.29, 1.82) is 0 Å². The molecule has 30 heavy (non-hydrogen) atoms. The van der Waals surface area contributed by atoms with Gasteiger partial charge in [0.05, 0.1) is 10.9 Å². The van der Waals surface area contributed by atoms with Gasteiger partial charge in [0, 0.05) is 36.3 Å². The van der Waals surface area contributed by atoms with Crippen LogP contribution in [-0.4, -0.2) is 38.8 Å². The van der Waals surface area contributed by atoms with Crippen molar-refractivity contribution in [3.8, 4) is 0 Å². The van der Waals surface area contributed by atoms with Crippen LogP contribution in [0.2, 0.25) is 5.02 Å². The van der Waals surface area contributed by atoms with E-state index in [4.69, 9.17) is 11.6 Å². The molecule has 1 aliphatic rings. The lowest BCUT2D eigenvalue weighted by atomic mass is 10.2. The van der Waals surface area contributed by atoms with Gasteiger partial charge in [-0.25, -0.2) is 17.9 Å². The van der Waals surface area contributed by atoms with Crippen LogP contribution in [-0.2, 0) is 19.6 Å². The van der Waals surface area contributed by atoms with Crippen molar-refractivity contribution in [2.75, 3.05) is 16.8 Å². The van der Waals surface area contributed by atoms with E-state index < -0.39 is 22.0 Å². The summed E-state index contributed by atoms with van der Waals surface area (Å²) in [7, 11) is -3.94. The van der Waals surface area contributed by atoms with E-state index in [1.165, 1.54) is 24.3 Å². The zero-order valence-corrected chi connectivity index (χ0v) is 17.5. The van der Waals surface area contributed by atoms with Gasteiger partial charge in [-0.3, -0.25) is 9.59 Å². The summed E-state index contributed by atoms with van der Waals surface area (Å²) >= 11 is 5.87. The molecule has 1 atom stereocenters. The summed E-state index contributed by atoms with van der Waals surface area (Å²) in [6.07, 6.45) is 0.157. The minimum atomic E-state index is -3.94. The van der Waals surface area contributed by atoms with Crippen LogP contribution in [0, 0.1) is 0 Å². The van der Waals surface area contributed by atoms with Crippen molar-refractivity contribution in [2.24, 2.45) is 0 Å². The van der Waals surface area contributed by atoms with E-state index in [-0.39, 0.29) is 23.3 Å². The largest absolute Gasteiger partial charge is 0.333 e. The second-order valence-electron chi connectivity index (χ2n) is 6.67. The zero-order valence-electron chi connectivity index (χ0n) is 15.9. The number of benzene rings is 2. The van der Waals surface area contributed by atoms with Crippen LogP contribution in [0.4, 0.5) is 16.2 Å². The predicted molar refractivity (Wildman–Crippen MR) is 112 cm³/mol. The molecule has 2 aromatic carbocycles. The molecule has 1 saturated heterocycles. The Labute approximate surface area is 178 Å². The van der Waals surface area contributed by atoms with E-state index in [1.54, 1.807) is 29.2 Å². The molecule has 3 N–H and O–H groups in total. The molecule has 1 heterocycles. The molecule has 0 aliphatic carbocycles. The second-order valence-corrected chi connectivity index (χ2v) is 8.79. The topological polar surface area (TPSA) is 125 Å². The summed E-state index contributed by atoms with van der Waals surface area (Å²) in [5.74, 6) is -0.814. The summed E-state index contributed by atoms with van der Waals surface area (Å²) in [6.45, 7) is 1.42. The number of carbonyl (C=O) groups is 3. The molecular weight excluding hydrogens is 432 g/mol. The van der Waals surface area contributed by atoms with Crippen LogP contribution in [0.25, 0.3) is 0 Å². The molecule has 0 unspecified atom stereocenters. The van der Waals surface area contributed by atoms with E-state index in [2.05, 4.69) is 10.6 Å². The average molecular weight is 451 g/mol. The van der Waals surface area contributed by atoms with E-state index in [0.29, 0.717) is 22.9 Å². The Balaban J connectivity index is 1.57. The maximum atomic E-state index is 12.3. The molecular formula is C19H19ClN4O5S. The summed E-state index contributed by atoms with van der Waals surface area (Å²) < 4.78 is 25.7. The number of urea groups is 1. The predicted octanol–water partition coefficient (Wildman–Crippen LogP) is 2.09. The molecule has 0 radical (unpaired) electrons. The summed E-state index contributed by atoms with van der Waals surface area (Å²) in [5.41, 5.74) is 1.05. The fourth-order valence-electron chi connectivity index (χ4n) is 2.99. The highest BCUT2D eigenvalue weighted by Gasteiger charge is 2.31. The van der Waals surface area contributed by atoms with Crippen molar-refractivity contribution >= 4 is 50.8 Å². The minimum absolute atomic E-state index is 0.108. The quantitative estimate of drug-likeness (QED) is 0.643. The number of sulfonamides is 1. The van der Waals surface area contributed by atoms with E-state index in [0.717, 1.165) is 6.92 Å². The average Bonchev–Trinajstić information content (AvgIpc) is 3.01. The van der Waals surface area contributed by atoms with E-state index >= 15 is 0 Å². The first kappa shape index (κ1) is 21.6. The van der Waals surface area contributed by atoms with Gasteiger partial charge in [-0.05, 0) is 48.5 Å². The van der Waals surface area contributed by atoms with Crippen molar-refractivity contribution in [1.82, 2.24) is 10.0 Å². The Bertz CT molecular complexity index is 1070. The molecule has 11 heteroatoms. The fourth-order valence-corrected chi connectivity index (χ4v) is 4.11. The van der Waals surface area contributed by atoms with Crippen LogP contribution in [0.1, 0.15) is 13.3 Å². The lowest BCUT2D eigenvalue weighted by Gasteiger charge is -2.17. The highest BCUT2D eigenvalue weighted by atomic mass is 35.5. The molecule has 0 bridgehead atoms. The number of halogens is 1. The first-order chi connectivity index (χ1) is 14.1. The number of hydrogen-bond acceptors (Lipinski definition) is 5. The Kier molecular flexibility index (Phi) is 6.28. The molecule has 0 spiro atoms. The van der Waals surface area contributed by atoms with Gasteiger partial charge in [-0.1, -0.05) is 11.6 Å². The third kappa shape index (κ3) is 5.28. The molecule has 9 nitrogen and oxygen atoms in total. The van der Waals surface area contributed by atoms with Crippen molar-refractivity contribution < 1.29 is 22.8 Å². The molecule has 0 aromatic heterocycles. The third-order valence-corrected chi connectivity index (χ3v) is 6.00. The number of rotatable bonds is 5. The maximum Gasteiger partial charge on any atom is 0.319 e. The molecule has 158 valence electrons. The minimum Gasteiger partial charge on any atom is -0.333 e. The van der Waals surface area contributed by atoms with Crippen molar-refractivity contribution in [3.63, 3.8) is 0 Å². The normalized spacial score (nSPS) is 16.3. The Morgan fingerprint density at radius 2 is 1.70 bits per heavy atom. The highest BCUT2D eigenvalue weighted by Crippen LogP contribution is 2.23. The van der Waals surface area contributed by atoms with Crippen molar-refractivity contribution in [3.05, 3.63) is 53.6 Å². The Hall–Kier alpha value is -3.11. The second kappa shape index (κ2) is 8.72. The molecule has 1 fully saturated rings. The van der Waals surface area contributed by atoms with Crippen LogP contribution in [0.5, 0.6) is 0 Å². The Morgan fingerprint density at radius 1 is 1.07 bits per heavy atom. The number of anilines is 2. The summed E-state index contributed by atoms with van der Waals surface area (Å²) in [5, 5.41) is 5.88. The van der Waals surface area contributed by atoms with Gasteiger partial charge in [-0.2, -0.15) is 0 Å². The smallest absolute Gasteiger partial charge is 0.319 e. The highest BCUT2D eigenvalue weighted by molar-refractivity contribution is 7.90. The van der Waals surface area contributed by atoms with Crippen LogP contribution >= 0.6 is 11.6 Å². The van der Waals surface area contributed by atoms with Crippen molar-refractivity contribution in [2.45, 2.75) is 24.3 Å². The number of nitrogens with one attached hydrogen (secondary N) is 3. The number of amides is 4. The van der Waals surface area contributed by atoms with Gasteiger partial charge in [0.2, 0.25) is 11.8 Å². The fraction of sp³-hybridized carbons (Fsp3) is 0.211. The first-order valence-electron chi connectivity index (χ1n) is 8.91. The monoisotopic (exact) mass is 450 g/mol. The molecule has 1 aliphatic heterocycles. The number of nitrogens with zero attached hydrogens (tertiary/aromatic N) is 1. The molecule has 2 aromatic rings. The van der Waals surface area contributed by atoms with Crippen LogP contribution in [0.15, 0.2) is 53.4 Å². The Morgan fingerprint density at radius 3 is 2.30 bits per heavy atom. The van der Waals surface area contributed by atoms with Gasteiger partial charge in [0.25, 0.3) is 10.0 Å². The number of carbonyl (C=O) groups excluding carboxylic acids is 3. The van der Waals surface area contributed by atoms with Gasteiger partial charge in [0.15, 0.2) is 0 Å². The first-order valence-corrected chi connectivity index (χ1v) is 10.8.